The van der Waals surface area contributed by atoms with Crippen molar-refractivity contribution in [3.63, 3.8) is 0 Å². The van der Waals surface area contributed by atoms with Gasteiger partial charge in [-0.25, -0.2) is 0 Å². The Morgan fingerprint density at radius 2 is 1.31 bits per heavy atom. The monoisotopic (exact) mass is 527 g/mol. The third-order valence-corrected chi connectivity index (χ3v) is 7.76. The first-order valence-electron chi connectivity index (χ1n) is 3.15. The Bertz CT molecular complexity index is 440. The summed E-state index contributed by atoms with van der Waals surface area (Å²) >= 11 is 11.5. The summed E-state index contributed by atoms with van der Waals surface area (Å²) in [5.41, 5.74) is 1.72. The molecule has 0 bridgehead atoms. The summed E-state index contributed by atoms with van der Waals surface area (Å²) in [6, 6.07) is 0. The first-order chi connectivity index (χ1) is 6.13. The molecule has 2 aromatic rings. The highest BCUT2D eigenvalue weighted by atomic mass is 127. The van der Waals surface area contributed by atoms with Crippen LogP contribution in [0.1, 0.15) is 0 Å². The van der Waals surface area contributed by atoms with Gasteiger partial charge in [-0.3, -0.25) is 0 Å². The maximum absolute atomic E-state index is 4.06. The number of halogens is 4. The second-order valence-electron chi connectivity index (χ2n) is 2.28. The third kappa shape index (κ3) is 1.65. The van der Waals surface area contributed by atoms with E-state index in [1.54, 1.807) is 0 Å². The number of aromatic nitrogens is 3. The molecule has 0 aliphatic heterocycles. The molecule has 13 heavy (non-hydrogen) atoms. The number of fused-ring (bicyclic) bond motifs is 1. The highest BCUT2D eigenvalue weighted by Crippen LogP contribution is 2.36. The summed E-state index contributed by atoms with van der Waals surface area (Å²) in [6.45, 7) is 0. The molecule has 3 nitrogen and oxygen atoms in total. The van der Waals surface area contributed by atoms with Gasteiger partial charge in [0.15, 0.2) is 0 Å². The van der Waals surface area contributed by atoms with Gasteiger partial charge in [0.25, 0.3) is 0 Å². The summed E-state index contributed by atoms with van der Waals surface area (Å²) in [7, 11) is 0. The lowest BCUT2D eigenvalue weighted by Gasteiger charge is -2.02. The predicted octanol–water partition coefficient (Wildman–Crippen LogP) is 3.69. The molecular weight excluding hydrogens is 528 g/mol. The fourth-order valence-electron chi connectivity index (χ4n) is 0.938. The quantitative estimate of drug-likeness (QED) is 0.322. The average molecular weight is 529 g/mol. The van der Waals surface area contributed by atoms with Gasteiger partial charge in [0.2, 0.25) is 0 Å². The van der Waals surface area contributed by atoms with E-state index in [9.17, 15) is 0 Å². The lowest BCUT2D eigenvalue weighted by molar-refractivity contribution is 0.958. The second-order valence-corrected chi connectivity index (χ2v) is 6.02. The third-order valence-electron chi connectivity index (χ3n) is 1.54. The molecule has 0 spiro atoms. The molecule has 0 aliphatic carbocycles. The van der Waals surface area contributed by atoms with Crippen LogP contribution < -0.4 is 0 Å². The number of hydrogen-bond acceptors (Lipinski definition) is 2. The Kier molecular flexibility index (Phi) is 3.16. The van der Waals surface area contributed by atoms with Gasteiger partial charge in [0, 0.05) is 7.14 Å². The van der Waals surface area contributed by atoms with Crippen molar-refractivity contribution in [2.24, 2.45) is 0 Å². The highest BCUT2D eigenvalue weighted by Gasteiger charge is 2.15. The van der Waals surface area contributed by atoms with Crippen LogP contribution in [-0.2, 0) is 0 Å². The van der Waals surface area contributed by atoms with E-state index >= 15 is 0 Å². The minimum Gasteiger partial charge on any atom is -0.197 e. The summed E-state index contributed by atoms with van der Waals surface area (Å²) in [5, 5.41) is 10.7. The van der Waals surface area contributed by atoms with Crippen molar-refractivity contribution in [3.05, 3.63) is 16.1 Å². The largest absolute Gasteiger partial charge is 0.197 e. The minimum absolute atomic E-state index is 0.858. The summed E-state index contributed by atoms with van der Waals surface area (Å²) in [6.07, 6.45) is 0. The van der Waals surface area contributed by atoms with Crippen molar-refractivity contribution in [2.75, 3.05) is 0 Å². The first-order valence-corrected chi connectivity index (χ1v) is 6.89. The molecule has 1 aromatic heterocycles. The number of benzene rings is 1. The second kappa shape index (κ2) is 3.89. The Labute approximate surface area is 118 Å². The van der Waals surface area contributed by atoms with E-state index in [0.29, 0.717) is 0 Å². The fourth-order valence-corrected chi connectivity index (χ4v) is 3.68. The molecule has 0 unspecified atom stereocenters. The van der Waals surface area contributed by atoms with Crippen molar-refractivity contribution < 1.29 is 0 Å². The first kappa shape index (κ1) is 10.6. The zero-order chi connectivity index (χ0) is 9.59. The van der Waals surface area contributed by atoms with Gasteiger partial charge < -0.3 is 0 Å². The molecule has 0 atom stereocenters. The van der Waals surface area contributed by atoms with Gasteiger partial charge in [-0.05, 0) is 77.0 Å². The molecule has 0 fully saturated rings. The molecule has 0 saturated carbocycles. The zero-order valence-corrected chi connectivity index (χ0v) is 13.4. The number of hydrogen-bond donors (Lipinski definition) is 1. The summed E-state index contributed by atoms with van der Waals surface area (Å²) in [4.78, 5) is 0. The zero-order valence-electron chi connectivity index (χ0n) is 5.91. The number of H-pyrrole nitrogens is 1. The van der Waals surface area contributed by atoms with Crippen LogP contribution >= 0.6 is 77.0 Å². The standard InChI is InChI=1S/C6HBr2I2N3/c7-1-3(9)4(10)2(8)6-5(1)11-13-12-6/h(H,11,12,13). The van der Waals surface area contributed by atoms with Gasteiger partial charge in [-0.2, -0.15) is 15.4 Å². The van der Waals surface area contributed by atoms with Crippen molar-refractivity contribution >= 4 is 88.1 Å². The van der Waals surface area contributed by atoms with Crippen molar-refractivity contribution in [1.29, 1.82) is 0 Å². The number of nitrogens with zero attached hydrogens (tertiary/aromatic N) is 2. The van der Waals surface area contributed by atoms with Gasteiger partial charge in [-0.1, -0.05) is 0 Å². The molecule has 2 rings (SSSR count). The molecule has 0 aliphatic rings. The van der Waals surface area contributed by atoms with Crippen molar-refractivity contribution in [2.45, 2.75) is 0 Å². The summed E-state index contributed by atoms with van der Waals surface area (Å²) in [5.74, 6) is 0. The van der Waals surface area contributed by atoms with E-state index in [1.165, 1.54) is 0 Å². The Balaban J connectivity index is 3.02. The van der Waals surface area contributed by atoms with Crippen molar-refractivity contribution in [1.82, 2.24) is 15.4 Å². The molecule has 1 N–H and O–H groups in total. The van der Waals surface area contributed by atoms with Gasteiger partial charge in [0.05, 0.1) is 8.95 Å². The Hall–Kier alpha value is 1.04. The SMILES string of the molecule is Brc1c(I)c(I)c(Br)c2n[nH]nc12. The van der Waals surface area contributed by atoms with E-state index < -0.39 is 0 Å². The average Bonchev–Trinajstić information content (AvgIpc) is 2.59. The Morgan fingerprint density at radius 1 is 0.923 bits per heavy atom. The van der Waals surface area contributed by atoms with E-state index in [1.807, 2.05) is 0 Å². The van der Waals surface area contributed by atoms with Crippen LogP contribution in [0.15, 0.2) is 8.95 Å². The molecule has 0 radical (unpaired) electrons. The molecule has 1 heterocycles. The van der Waals surface area contributed by atoms with Crippen molar-refractivity contribution in [3.8, 4) is 0 Å². The minimum atomic E-state index is 0.858. The van der Waals surface area contributed by atoms with E-state index in [2.05, 4.69) is 92.5 Å². The van der Waals surface area contributed by atoms with E-state index in [-0.39, 0.29) is 0 Å². The molecule has 0 amide bonds. The smallest absolute Gasteiger partial charge is 0.129 e. The molecular formula is C6HBr2I2N3. The van der Waals surface area contributed by atoms with Crippen LogP contribution in [0.4, 0.5) is 0 Å². The maximum atomic E-state index is 4.06. The Morgan fingerprint density at radius 3 is 1.69 bits per heavy atom. The molecule has 1 aromatic carbocycles. The normalized spacial score (nSPS) is 11.1. The van der Waals surface area contributed by atoms with Crippen LogP contribution in [0, 0.1) is 7.14 Å². The number of aromatic amines is 1. The van der Waals surface area contributed by atoms with Gasteiger partial charge >= 0.3 is 0 Å². The predicted molar refractivity (Wildman–Crippen MR) is 74.7 cm³/mol. The molecule has 0 saturated heterocycles. The van der Waals surface area contributed by atoms with E-state index in [4.69, 9.17) is 0 Å². The number of nitrogens with one attached hydrogen (secondary N) is 1. The van der Waals surface area contributed by atoms with Crippen LogP contribution in [-0.4, -0.2) is 15.4 Å². The van der Waals surface area contributed by atoms with Crippen LogP contribution in [0.5, 0.6) is 0 Å². The topological polar surface area (TPSA) is 41.6 Å². The van der Waals surface area contributed by atoms with Crippen LogP contribution in [0.3, 0.4) is 0 Å². The maximum Gasteiger partial charge on any atom is 0.129 e. The lowest BCUT2D eigenvalue weighted by Crippen LogP contribution is -1.87. The van der Waals surface area contributed by atoms with E-state index in [0.717, 1.165) is 27.1 Å². The van der Waals surface area contributed by atoms with Crippen LogP contribution in [0.25, 0.3) is 11.0 Å². The fraction of sp³-hybridized carbons (Fsp3) is 0. The van der Waals surface area contributed by atoms with Gasteiger partial charge in [-0.15, -0.1) is 0 Å². The van der Waals surface area contributed by atoms with Gasteiger partial charge in [0.1, 0.15) is 11.0 Å². The lowest BCUT2D eigenvalue weighted by atomic mass is 10.3. The molecule has 68 valence electrons. The van der Waals surface area contributed by atoms with Crippen LogP contribution in [0.2, 0.25) is 0 Å². The highest BCUT2D eigenvalue weighted by molar-refractivity contribution is 14.1. The number of rotatable bonds is 0. The summed E-state index contributed by atoms with van der Waals surface area (Å²) < 4.78 is 4.27. The molecule has 7 heteroatoms.